The average Bonchev–Trinajstić information content (AvgIpc) is 2.37. The van der Waals surface area contributed by atoms with Crippen LogP contribution >= 0.6 is 0 Å². The Balaban J connectivity index is 2.32. The summed E-state index contributed by atoms with van der Waals surface area (Å²) in [5, 5.41) is 0. The van der Waals surface area contributed by atoms with Gasteiger partial charge in [-0.2, -0.15) is 0 Å². The molecule has 0 atom stereocenters. The molecule has 6 heteroatoms. The minimum absolute atomic E-state index is 0.164. The number of hydrogen-bond donors (Lipinski definition) is 2. The van der Waals surface area contributed by atoms with Gasteiger partial charge >= 0.3 is 0 Å². The highest BCUT2D eigenvalue weighted by Gasteiger charge is 2.07. The molecule has 0 saturated carbocycles. The second-order valence-corrected chi connectivity index (χ2v) is 3.46. The van der Waals surface area contributed by atoms with Crippen molar-refractivity contribution in [3.8, 4) is 0 Å². The average molecular weight is 254 g/mol. The van der Waals surface area contributed by atoms with E-state index < -0.39 is 11.7 Å². The van der Waals surface area contributed by atoms with Crippen molar-refractivity contribution in [3.05, 3.63) is 35.6 Å². The van der Waals surface area contributed by atoms with Crippen molar-refractivity contribution < 1.29 is 18.7 Å². The Morgan fingerprint density at radius 1 is 1.22 bits per heavy atom. The SMILES string of the molecule is CCOCCC(=O)NNC(=O)c1ccc(F)cc1. The first-order chi connectivity index (χ1) is 8.63. The van der Waals surface area contributed by atoms with E-state index in [1.54, 1.807) is 0 Å². The maximum Gasteiger partial charge on any atom is 0.269 e. The molecular weight excluding hydrogens is 239 g/mol. The van der Waals surface area contributed by atoms with E-state index in [9.17, 15) is 14.0 Å². The highest BCUT2D eigenvalue weighted by atomic mass is 19.1. The van der Waals surface area contributed by atoms with Crippen molar-refractivity contribution in [2.45, 2.75) is 13.3 Å². The highest BCUT2D eigenvalue weighted by molar-refractivity contribution is 5.95. The Hall–Kier alpha value is -1.95. The highest BCUT2D eigenvalue weighted by Crippen LogP contribution is 2.01. The summed E-state index contributed by atoms with van der Waals surface area (Å²) in [6, 6.07) is 5.01. The fourth-order valence-electron chi connectivity index (χ4n) is 1.17. The minimum Gasteiger partial charge on any atom is -0.381 e. The molecule has 0 unspecified atom stereocenters. The lowest BCUT2D eigenvalue weighted by atomic mass is 10.2. The number of amides is 2. The van der Waals surface area contributed by atoms with Crippen LogP contribution < -0.4 is 10.9 Å². The number of ether oxygens (including phenoxy) is 1. The van der Waals surface area contributed by atoms with Gasteiger partial charge in [0.2, 0.25) is 5.91 Å². The number of rotatable bonds is 5. The molecule has 0 aliphatic carbocycles. The van der Waals surface area contributed by atoms with Crippen LogP contribution in [0, 0.1) is 5.82 Å². The molecule has 0 aromatic heterocycles. The lowest BCUT2D eigenvalue weighted by Crippen LogP contribution is -2.41. The summed E-state index contributed by atoms with van der Waals surface area (Å²) in [5.41, 5.74) is 4.74. The van der Waals surface area contributed by atoms with Crippen molar-refractivity contribution in [1.82, 2.24) is 10.9 Å². The van der Waals surface area contributed by atoms with Gasteiger partial charge in [-0.05, 0) is 31.2 Å². The van der Waals surface area contributed by atoms with Gasteiger partial charge in [0.05, 0.1) is 13.0 Å². The van der Waals surface area contributed by atoms with Crippen LogP contribution in [0.3, 0.4) is 0 Å². The molecule has 5 nitrogen and oxygen atoms in total. The van der Waals surface area contributed by atoms with Crippen LogP contribution in [-0.4, -0.2) is 25.0 Å². The fraction of sp³-hybridized carbons (Fsp3) is 0.333. The summed E-state index contributed by atoms with van der Waals surface area (Å²) in [6.07, 6.45) is 0.164. The Bertz CT molecular complexity index is 406. The molecule has 1 aromatic carbocycles. The summed E-state index contributed by atoms with van der Waals surface area (Å²) < 4.78 is 17.6. The van der Waals surface area contributed by atoms with Gasteiger partial charge in [-0.15, -0.1) is 0 Å². The van der Waals surface area contributed by atoms with Gasteiger partial charge in [0.1, 0.15) is 5.82 Å². The van der Waals surface area contributed by atoms with Crippen LogP contribution in [0.25, 0.3) is 0 Å². The molecule has 0 fully saturated rings. The second-order valence-electron chi connectivity index (χ2n) is 3.46. The van der Waals surface area contributed by atoms with Crippen molar-refractivity contribution in [2.24, 2.45) is 0 Å². The molecule has 1 rings (SSSR count). The van der Waals surface area contributed by atoms with Crippen molar-refractivity contribution in [2.75, 3.05) is 13.2 Å². The van der Waals surface area contributed by atoms with Gasteiger partial charge < -0.3 is 4.74 Å². The largest absolute Gasteiger partial charge is 0.381 e. The summed E-state index contributed by atoms with van der Waals surface area (Å²) in [6.45, 7) is 2.66. The van der Waals surface area contributed by atoms with Gasteiger partial charge in [0.25, 0.3) is 5.91 Å². The summed E-state index contributed by atoms with van der Waals surface area (Å²) in [4.78, 5) is 22.8. The van der Waals surface area contributed by atoms with Crippen LogP contribution in [0.4, 0.5) is 4.39 Å². The van der Waals surface area contributed by atoms with E-state index in [0.29, 0.717) is 13.2 Å². The topological polar surface area (TPSA) is 67.4 Å². The quantitative estimate of drug-likeness (QED) is 0.609. The van der Waals surface area contributed by atoms with Gasteiger partial charge in [-0.25, -0.2) is 4.39 Å². The minimum atomic E-state index is -0.500. The van der Waals surface area contributed by atoms with Crippen LogP contribution in [0.15, 0.2) is 24.3 Å². The van der Waals surface area contributed by atoms with E-state index >= 15 is 0 Å². The third-order valence-electron chi connectivity index (χ3n) is 2.10. The standard InChI is InChI=1S/C12H15FN2O3/c1-2-18-8-7-11(16)14-15-12(17)9-3-5-10(13)6-4-9/h3-6H,2,7-8H2,1H3,(H,14,16)(H,15,17). The first kappa shape index (κ1) is 14.1. The monoisotopic (exact) mass is 254 g/mol. The smallest absolute Gasteiger partial charge is 0.269 e. The number of halogens is 1. The van der Waals surface area contributed by atoms with Gasteiger partial charge in [0.15, 0.2) is 0 Å². The molecule has 0 bridgehead atoms. The summed E-state index contributed by atoms with van der Waals surface area (Å²) in [7, 11) is 0. The lowest BCUT2D eigenvalue weighted by Gasteiger charge is -2.07. The van der Waals surface area contributed by atoms with E-state index in [4.69, 9.17) is 4.74 Å². The number of hydrogen-bond acceptors (Lipinski definition) is 3. The van der Waals surface area contributed by atoms with Gasteiger partial charge in [-0.3, -0.25) is 20.4 Å². The molecular formula is C12H15FN2O3. The number of carbonyl (C=O) groups is 2. The zero-order valence-electron chi connectivity index (χ0n) is 10.0. The van der Waals surface area contributed by atoms with Gasteiger partial charge in [-0.1, -0.05) is 0 Å². The molecule has 98 valence electrons. The third-order valence-corrected chi connectivity index (χ3v) is 2.10. The van der Waals surface area contributed by atoms with Crippen molar-refractivity contribution in [3.63, 3.8) is 0 Å². The predicted octanol–water partition coefficient (Wildman–Crippen LogP) is 1.01. The molecule has 1 aromatic rings. The second kappa shape index (κ2) is 7.39. The molecule has 2 N–H and O–H groups in total. The summed E-state index contributed by atoms with van der Waals surface area (Å²) in [5.74, 6) is -1.27. The molecule has 0 aliphatic rings. The van der Waals surface area contributed by atoms with Crippen LogP contribution in [0.1, 0.15) is 23.7 Å². The molecule has 2 amide bonds. The van der Waals surface area contributed by atoms with E-state index in [0.717, 1.165) is 0 Å². The zero-order chi connectivity index (χ0) is 13.4. The lowest BCUT2D eigenvalue weighted by molar-refractivity contribution is -0.122. The molecule has 18 heavy (non-hydrogen) atoms. The first-order valence-electron chi connectivity index (χ1n) is 5.56. The normalized spacial score (nSPS) is 9.89. The zero-order valence-corrected chi connectivity index (χ0v) is 10.0. The molecule has 0 radical (unpaired) electrons. The molecule has 0 spiro atoms. The Morgan fingerprint density at radius 3 is 2.50 bits per heavy atom. The number of carbonyl (C=O) groups excluding carboxylic acids is 2. The number of benzene rings is 1. The number of hydrazine groups is 1. The molecule has 0 saturated heterocycles. The van der Waals surface area contributed by atoms with Crippen LogP contribution in [-0.2, 0) is 9.53 Å². The van der Waals surface area contributed by atoms with Gasteiger partial charge in [0, 0.05) is 12.2 Å². The Kier molecular flexibility index (Phi) is 5.79. The fourth-order valence-corrected chi connectivity index (χ4v) is 1.17. The maximum atomic E-state index is 12.6. The first-order valence-corrected chi connectivity index (χ1v) is 5.56. The summed E-state index contributed by atoms with van der Waals surface area (Å²) >= 11 is 0. The Morgan fingerprint density at radius 2 is 1.89 bits per heavy atom. The maximum absolute atomic E-state index is 12.6. The van der Waals surface area contributed by atoms with Crippen molar-refractivity contribution in [1.29, 1.82) is 0 Å². The number of nitrogens with one attached hydrogen (secondary N) is 2. The van der Waals surface area contributed by atoms with Crippen LogP contribution in [0.2, 0.25) is 0 Å². The molecule has 0 aliphatic heterocycles. The van der Waals surface area contributed by atoms with E-state index in [2.05, 4.69) is 10.9 Å². The third kappa shape index (κ3) is 4.92. The van der Waals surface area contributed by atoms with Crippen molar-refractivity contribution >= 4 is 11.8 Å². The van der Waals surface area contributed by atoms with Crippen LogP contribution in [0.5, 0.6) is 0 Å². The van der Waals surface area contributed by atoms with E-state index in [1.807, 2.05) is 6.92 Å². The Labute approximate surface area is 104 Å². The molecule has 0 heterocycles. The van der Waals surface area contributed by atoms with E-state index in [-0.39, 0.29) is 17.9 Å². The predicted molar refractivity (Wildman–Crippen MR) is 63.1 cm³/mol. The van der Waals surface area contributed by atoms with E-state index in [1.165, 1.54) is 24.3 Å².